The summed E-state index contributed by atoms with van der Waals surface area (Å²) in [7, 11) is 0. The summed E-state index contributed by atoms with van der Waals surface area (Å²) in [5.41, 5.74) is 4.19. The van der Waals surface area contributed by atoms with Crippen LogP contribution in [0.5, 0.6) is 0 Å². The van der Waals surface area contributed by atoms with Crippen molar-refractivity contribution < 1.29 is 9.31 Å². The number of allylic oxidation sites excluding steroid dienone is 1. The van der Waals surface area contributed by atoms with Gasteiger partial charge in [0.1, 0.15) is 5.82 Å². The van der Waals surface area contributed by atoms with Crippen molar-refractivity contribution in [1.82, 2.24) is 0 Å². The van der Waals surface area contributed by atoms with Gasteiger partial charge < -0.3 is 4.90 Å². The Morgan fingerprint density at radius 1 is 1.09 bits per heavy atom. The lowest BCUT2D eigenvalue weighted by Crippen LogP contribution is -2.45. The van der Waals surface area contributed by atoms with Crippen LogP contribution in [0, 0.1) is 15.9 Å². The minimum atomic E-state index is -0.410. The fourth-order valence-electron chi connectivity index (χ4n) is 4.36. The Morgan fingerprint density at radius 2 is 1.71 bits per heavy atom. The molecule has 0 radical (unpaired) electrons. The number of nitro benzene ring substituents is 1. The molecular weight excluding hydrogens is 461 g/mol. The first-order chi connectivity index (χ1) is 16.7. The standard InChI is InChI=1S/C28H28FN3O2S/c1-5-14-31-27-16-26(29)20(15-25(27)19(2)17-28(31,3)4)18-30-21-6-10-23(11-7-21)35-24-12-8-22(9-13-24)32(33)34/h6-13,15-18H,5,14H2,1-4H3. The summed E-state index contributed by atoms with van der Waals surface area (Å²) in [6, 6.07) is 17.6. The number of hydrogen-bond donors (Lipinski definition) is 0. The fraction of sp³-hybridized carbons (Fsp3) is 0.250. The second-order valence-corrected chi connectivity index (χ2v) is 10.3. The number of fused-ring (bicyclic) bond motifs is 1. The Morgan fingerprint density at radius 3 is 2.31 bits per heavy atom. The highest BCUT2D eigenvalue weighted by atomic mass is 32.2. The summed E-state index contributed by atoms with van der Waals surface area (Å²) < 4.78 is 15.1. The first kappa shape index (κ1) is 24.7. The van der Waals surface area contributed by atoms with Crippen molar-refractivity contribution in [3.63, 3.8) is 0 Å². The largest absolute Gasteiger partial charge is 0.362 e. The number of nitrogens with zero attached hydrogens (tertiary/aromatic N) is 3. The predicted molar refractivity (Wildman–Crippen MR) is 143 cm³/mol. The molecule has 1 aliphatic rings. The molecule has 0 N–H and O–H groups in total. The Bertz CT molecular complexity index is 1300. The zero-order valence-electron chi connectivity index (χ0n) is 20.3. The zero-order chi connectivity index (χ0) is 25.2. The highest BCUT2D eigenvalue weighted by Gasteiger charge is 2.31. The Kier molecular flexibility index (Phi) is 7.08. The molecule has 3 aromatic carbocycles. The van der Waals surface area contributed by atoms with Gasteiger partial charge in [-0.05, 0) is 81.3 Å². The van der Waals surface area contributed by atoms with Gasteiger partial charge in [-0.1, -0.05) is 24.8 Å². The van der Waals surface area contributed by atoms with Crippen LogP contribution < -0.4 is 4.90 Å². The third-order valence-corrected chi connectivity index (χ3v) is 7.03. The lowest BCUT2D eigenvalue weighted by Gasteiger charge is -2.43. The van der Waals surface area contributed by atoms with Gasteiger partial charge in [-0.25, -0.2) is 4.39 Å². The van der Waals surface area contributed by atoms with Gasteiger partial charge in [-0.3, -0.25) is 15.1 Å². The van der Waals surface area contributed by atoms with E-state index in [0.717, 1.165) is 45.3 Å². The van der Waals surface area contributed by atoms with Crippen LogP contribution in [-0.4, -0.2) is 23.2 Å². The van der Waals surface area contributed by atoms with Gasteiger partial charge >= 0.3 is 0 Å². The highest BCUT2D eigenvalue weighted by Crippen LogP contribution is 2.40. The molecule has 0 atom stereocenters. The number of anilines is 1. The lowest BCUT2D eigenvalue weighted by molar-refractivity contribution is -0.384. The first-order valence-corrected chi connectivity index (χ1v) is 12.4. The summed E-state index contributed by atoms with van der Waals surface area (Å²) in [6.45, 7) is 9.39. The van der Waals surface area contributed by atoms with Crippen LogP contribution >= 0.6 is 11.8 Å². The van der Waals surface area contributed by atoms with Gasteiger partial charge in [-0.15, -0.1) is 0 Å². The molecule has 0 unspecified atom stereocenters. The van der Waals surface area contributed by atoms with Crippen molar-refractivity contribution in [3.05, 3.63) is 93.8 Å². The molecule has 0 bridgehead atoms. The molecule has 7 heteroatoms. The van der Waals surface area contributed by atoms with Crippen LogP contribution in [0.3, 0.4) is 0 Å². The van der Waals surface area contributed by atoms with Crippen molar-refractivity contribution in [3.8, 4) is 0 Å². The van der Waals surface area contributed by atoms with Crippen LogP contribution in [0.4, 0.5) is 21.5 Å². The average Bonchev–Trinajstić information content (AvgIpc) is 2.81. The quantitative estimate of drug-likeness (QED) is 0.191. The third-order valence-electron chi connectivity index (χ3n) is 6.02. The predicted octanol–water partition coefficient (Wildman–Crippen LogP) is 8.05. The minimum absolute atomic E-state index is 0.0703. The maximum atomic E-state index is 15.1. The van der Waals surface area contributed by atoms with E-state index < -0.39 is 4.92 Å². The zero-order valence-corrected chi connectivity index (χ0v) is 21.1. The topological polar surface area (TPSA) is 58.7 Å². The second-order valence-electron chi connectivity index (χ2n) is 9.13. The summed E-state index contributed by atoms with van der Waals surface area (Å²) in [6.07, 6.45) is 4.80. The third kappa shape index (κ3) is 5.46. The van der Waals surface area contributed by atoms with Crippen molar-refractivity contribution in [2.45, 2.75) is 49.4 Å². The molecule has 35 heavy (non-hydrogen) atoms. The smallest absolute Gasteiger partial charge is 0.269 e. The molecule has 4 rings (SSSR count). The second kappa shape index (κ2) is 10.0. The van der Waals surface area contributed by atoms with Crippen molar-refractivity contribution in [2.75, 3.05) is 11.4 Å². The van der Waals surface area contributed by atoms with Gasteiger partial charge in [0.25, 0.3) is 5.69 Å². The van der Waals surface area contributed by atoms with Crippen molar-refractivity contribution >= 4 is 40.6 Å². The molecule has 0 saturated heterocycles. The maximum Gasteiger partial charge on any atom is 0.269 e. The number of rotatable bonds is 7. The molecular formula is C28H28FN3O2S. The van der Waals surface area contributed by atoms with E-state index in [-0.39, 0.29) is 17.0 Å². The molecule has 1 aliphatic heterocycles. The van der Waals surface area contributed by atoms with Crippen molar-refractivity contribution in [1.29, 1.82) is 0 Å². The summed E-state index contributed by atoms with van der Waals surface area (Å²) in [5, 5.41) is 10.8. The lowest BCUT2D eigenvalue weighted by atomic mass is 9.87. The van der Waals surface area contributed by atoms with E-state index in [1.807, 2.05) is 30.3 Å². The van der Waals surface area contributed by atoms with Gasteiger partial charge in [0.05, 0.1) is 16.1 Å². The van der Waals surface area contributed by atoms with Crippen LogP contribution in [0.25, 0.3) is 5.57 Å². The molecule has 180 valence electrons. The molecule has 3 aromatic rings. The Labute approximate surface area is 209 Å². The van der Waals surface area contributed by atoms with Gasteiger partial charge in [-0.2, -0.15) is 0 Å². The van der Waals surface area contributed by atoms with Gasteiger partial charge in [0.15, 0.2) is 0 Å². The maximum absolute atomic E-state index is 15.1. The Hall–Kier alpha value is -3.45. The van der Waals surface area contributed by atoms with E-state index in [9.17, 15) is 10.1 Å². The number of nitro groups is 1. The van der Waals surface area contributed by atoms with Gasteiger partial charge in [0.2, 0.25) is 0 Å². The fourth-order valence-corrected chi connectivity index (χ4v) is 5.18. The molecule has 0 aromatic heterocycles. The van der Waals surface area contributed by atoms with E-state index in [0.29, 0.717) is 5.56 Å². The molecule has 0 amide bonds. The molecule has 0 saturated carbocycles. The molecule has 0 aliphatic carbocycles. The Balaban J connectivity index is 1.52. The van der Waals surface area contributed by atoms with Crippen LogP contribution in [0.1, 0.15) is 45.2 Å². The normalized spacial score (nSPS) is 14.7. The van der Waals surface area contributed by atoms with E-state index in [4.69, 9.17) is 0 Å². The SMILES string of the molecule is CCCN1c2cc(F)c(C=Nc3ccc(Sc4ccc([N+](=O)[O-])cc4)cc3)cc2C(C)=CC1(C)C. The van der Waals surface area contributed by atoms with Gasteiger partial charge in [0, 0.05) is 51.5 Å². The van der Waals surface area contributed by atoms with E-state index >= 15 is 4.39 Å². The van der Waals surface area contributed by atoms with E-state index in [1.165, 1.54) is 23.9 Å². The number of aliphatic imine (C=N–C) groups is 1. The summed E-state index contributed by atoms with van der Waals surface area (Å²) >= 11 is 1.51. The number of benzene rings is 3. The number of hydrogen-bond acceptors (Lipinski definition) is 5. The summed E-state index contributed by atoms with van der Waals surface area (Å²) in [5.74, 6) is -0.288. The first-order valence-electron chi connectivity index (χ1n) is 11.6. The van der Waals surface area contributed by atoms with Crippen molar-refractivity contribution in [2.24, 2.45) is 4.99 Å². The number of non-ortho nitro benzene ring substituents is 1. The van der Waals surface area contributed by atoms with E-state index in [2.05, 4.69) is 43.7 Å². The molecule has 0 fully saturated rings. The average molecular weight is 490 g/mol. The number of halogens is 1. The minimum Gasteiger partial charge on any atom is -0.362 e. The highest BCUT2D eigenvalue weighted by molar-refractivity contribution is 7.99. The molecule has 1 heterocycles. The monoisotopic (exact) mass is 489 g/mol. The van der Waals surface area contributed by atoms with Crippen LogP contribution in [0.15, 0.2) is 81.5 Å². The molecule has 5 nitrogen and oxygen atoms in total. The van der Waals surface area contributed by atoms with Crippen LogP contribution in [0.2, 0.25) is 0 Å². The van der Waals surface area contributed by atoms with E-state index in [1.54, 1.807) is 24.4 Å². The summed E-state index contributed by atoms with van der Waals surface area (Å²) in [4.78, 5) is 19.0. The van der Waals surface area contributed by atoms with Crippen LogP contribution in [-0.2, 0) is 0 Å². The molecule has 0 spiro atoms.